The summed E-state index contributed by atoms with van der Waals surface area (Å²) in [5, 5.41) is -0.293. The first kappa shape index (κ1) is 16.0. The number of carbonyl (C=O) groups excluding carboxylic acids is 1. The minimum atomic E-state index is -2.99. The lowest BCUT2D eigenvalue weighted by Gasteiger charge is -2.33. The number of benzene rings is 1. The Kier molecular flexibility index (Phi) is 5.04. The third kappa shape index (κ3) is 3.84. The molecule has 21 heavy (non-hydrogen) atoms. The van der Waals surface area contributed by atoms with E-state index in [4.69, 9.17) is 0 Å². The number of hydrogen-bond acceptors (Lipinski definition) is 3. The van der Waals surface area contributed by atoms with Crippen LogP contribution in [-0.4, -0.2) is 43.8 Å². The van der Waals surface area contributed by atoms with Crippen molar-refractivity contribution in [1.29, 1.82) is 0 Å². The van der Waals surface area contributed by atoms with Crippen molar-refractivity contribution in [3.63, 3.8) is 0 Å². The highest BCUT2D eigenvalue weighted by atomic mass is 32.2. The van der Waals surface area contributed by atoms with Crippen LogP contribution in [-0.2, 0) is 14.6 Å². The molecule has 0 saturated carbocycles. The van der Waals surface area contributed by atoms with Crippen molar-refractivity contribution < 1.29 is 13.2 Å². The number of nitrogens with zero attached hydrogens (tertiary/aromatic N) is 1. The van der Waals surface area contributed by atoms with Crippen molar-refractivity contribution >= 4 is 15.7 Å². The van der Waals surface area contributed by atoms with Gasteiger partial charge in [0.1, 0.15) is 9.84 Å². The van der Waals surface area contributed by atoms with E-state index in [2.05, 4.69) is 0 Å². The van der Waals surface area contributed by atoms with Crippen LogP contribution in [0.2, 0.25) is 0 Å². The molecular formula is C16H23NO3S. The van der Waals surface area contributed by atoms with Gasteiger partial charge in [0.05, 0.1) is 11.2 Å². The van der Waals surface area contributed by atoms with Crippen LogP contribution < -0.4 is 0 Å². The highest BCUT2D eigenvalue weighted by Gasteiger charge is 2.31. The van der Waals surface area contributed by atoms with Gasteiger partial charge in [-0.3, -0.25) is 4.79 Å². The number of rotatable bonds is 4. The normalized spacial score (nSPS) is 18.5. The van der Waals surface area contributed by atoms with Gasteiger partial charge in [-0.25, -0.2) is 8.42 Å². The summed E-state index contributed by atoms with van der Waals surface area (Å²) in [7, 11) is -2.99. The molecule has 1 saturated heterocycles. The molecule has 0 radical (unpaired) electrons. The van der Waals surface area contributed by atoms with Gasteiger partial charge in [-0.1, -0.05) is 37.3 Å². The van der Waals surface area contributed by atoms with Gasteiger partial charge < -0.3 is 4.90 Å². The molecule has 0 bridgehead atoms. The van der Waals surface area contributed by atoms with E-state index in [1.54, 1.807) is 0 Å². The Morgan fingerprint density at radius 1 is 1.24 bits per heavy atom. The zero-order chi connectivity index (χ0) is 15.5. The number of hydrogen-bond donors (Lipinski definition) is 0. The first-order valence-electron chi connectivity index (χ1n) is 7.46. The molecule has 1 aromatic carbocycles. The van der Waals surface area contributed by atoms with Crippen molar-refractivity contribution in [2.24, 2.45) is 0 Å². The van der Waals surface area contributed by atoms with E-state index < -0.39 is 9.84 Å². The van der Waals surface area contributed by atoms with Gasteiger partial charge in [0, 0.05) is 19.3 Å². The molecule has 1 fully saturated rings. The molecule has 1 amide bonds. The van der Waals surface area contributed by atoms with E-state index >= 15 is 0 Å². The van der Waals surface area contributed by atoms with Gasteiger partial charge in [0.25, 0.3) is 0 Å². The lowest BCUT2D eigenvalue weighted by atomic mass is 9.94. The van der Waals surface area contributed by atoms with Crippen molar-refractivity contribution in [3.8, 4) is 0 Å². The summed E-state index contributed by atoms with van der Waals surface area (Å²) in [5.74, 6) is -0.00312. The largest absolute Gasteiger partial charge is 0.342 e. The standard InChI is InChI=1S/C16H23NO3S/c1-3-15(13-7-5-4-6-8-13)16(18)17-11-9-14(10-12-17)21(2,19)20/h4-8,14-15H,3,9-12H2,1-2H3. The second-order valence-corrected chi connectivity index (χ2v) is 8.05. The maximum atomic E-state index is 12.7. The summed E-state index contributed by atoms with van der Waals surface area (Å²) in [6.07, 6.45) is 3.15. The van der Waals surface area contributed by atoms with Crippen LogP contribution in [0, 0.1) is 0 Å². The van der Waals surface area contributed by atoms with Crippen molar-refractivity contribution in [1.82, 2.24) is 4.90 Å². The zero-order valence-electron chi connectivity index (χ0n) is 12.7. The molecule has 116 valence electrons. The molecule has 1 unspecified atom stereocenters. The van der Waals surface area contributed by atoms with Crippen LogP contribution in [0.4, 0.5) is 0 Å². The molecule has 0 spiro atoms. The predicted molar refractivity (Wildman–Crippen MR) is 83.9 cm³/mol. The van der Waals surface area contributed by atoms with Crippen LogP contribution in [0.3, 0.4) is 0 Å². The van der Waals surface area contributed by atoms with Gasteiger partial charge in [0.2, 0.25) is 5.91 Å². The summed E-state index contributed by atoms with van der Waals surface area (Å²) in [4.78, 5) is 14.5. The van der Waals surface area contributed by atoms with Crippen molar-refractivity contribution in [2.75, 3.05) is 19.3 Å². The van der Waals surface area contributed by atoms with Crippen LogP contribution in [0.5, 0.6) is 0 Å². The Labute approximate surface area is 127 Å². The van der Waals surface area contributed by atoms with Gasteiger partial charge in [0.15, 0.2) is 0 Å². The molecule has 1 heterocycles. The van der Waals surface area contributed by atoms with Gasteiger partial charge in [-0.15, -0.1) is 0 Å². The number of sulfone groups is 1. The van der Waals surface area contributed by atoms with Crippen LogP contribution in [0.25, 0.3) is 0 Å². The van der Waals surface area contributed by atoms with Crippen molar-refractivity contribution in [2.45, 2.75) is 37.4 Å². The fourth-order valence-electron chi connectivity index (χ4n) is 2.96. The molecule has 1 aliphatic heterocycles. The van der Waals surface area contributed by atoms with E-state index in [0.717, 1.165) is 12.0 Å². The van der Waals surface area contributed by atoms with E-state index in [1.807, 2.05) is 42.2 Å². The van der Waals surface area contributed by atoms with E-state index in [9.17, 15) is 13.2 Å². The molecule has 5 heteroatoms. The predicted octanol–water partition coefficient (Wildman–Crippen LogP) is 2.22. The van der Waals surface area contributed by atoms with E-state index in [0.29, 0.717) is 25.9 Å². The monoisotopic (exact) mass is 309 g/mol. The Morgan fingerprint density at radius 2 is 1.81 bits per heavy atom. The summed E-state index contributed by atoms with van der Waals surface area (Å²) < 4.78 is 23.1. The zero-order valence-corrected chi connectivity index (χ0v) is 13.5. The molecule has 4 nitrogen and oxygen atoms in total. The van der Waals surface area contributed by atoms with Gasteiger partial charge >= 0.3 is 0 Å². The molecule has 0 aromatic heterocycles. The first-order valence-corrected chi connectivity index (χ1v) is 9.41. The Bertz CT molecular complexity index is 575. The average molecular weight is 309 g/mol. The maximum Gasteiger partial charge on any atom is 0.230 e. The number of likely N-dealkylation sites (tertiary alicyclic amines) is 1. The SMILES string of the molecule is CCC(C(=O)N1CCC(S(C)(=O)=O)CC1)c1ccccc1. The summed E-state index contributed by atoms with van der Waals surface area (Å²) >= 11 is 0. The molecule has 2 rings (SSSR count). The second kappa shape index (κ2) is 6.60. The highest BCUT2D eigenvalue weighted by Crippen LogP contribution is 2.25. The summed E-state index contributed by atoms with van der Waals surface area (Å²) in [6, 6.07) is 9.80. The number of piperidine rings is 1. The topological polar surface area (TPSA) is 54.5 Å². The highest BCUT2D eigenvalue weighted by molar-refractivity contribution is 7.91. The third-order valence-corrected chi connectivity index (χ3v) is 5.95. The molecule has 1 aromatic rings. The summed E-state index contributed by atoms with van der Waals surface area (Å²) in [5.41, 5.74) is 1.04. The van der Waals surface area contributed by atoms with Crippen LogP contribution in [0.1, 0.15) is 37.7 Å². The lowest BCUT2D eigenvalue weighted by molar-refractivity contribution is -0.133. The van der Waals surface area contributed by atoms with Crippen LogP contribution >= 0.6 is 0 Å². The van der Waals surface area contributed by atoms with Crippen LogP contribution in [0.15, 0.2) is 30.3 Å². The second-order valence-electron chi connectivity index (χ2n) is 5.73. The van der Waals surface area contributed by atoms with Gasteiger partial charge in [-0.2, -0.15) is 0 Å². The fourth-order valence-corrected chi connectivity index (χ4v) is 4.03. The first-order chi connectivity index (χ1) is 9.93. The molecule has 1 aliphatic rings. The minimum Gasteiger partial charge on any atom is -0.342 e. The Balaban J connectivity index is 2.04. The molecule has 0 aliphatic carbocycles. The lowest BCUT2D eigenvalue weighted by Crippen LogP contribution is -2.44. The fraction of sp³-hybridized carbons (Fsp3) is 0.562. The molecule has 0 N–H and O–H groups in total. The Hall–Kier alpha value is -1.36. The smallest absolute Gasteiger partial charge is 0.230 e. The van der Waals surface area contributed by atoms with E-state index in [-0.39, 0.29) is 17.1 Å². The maximum absolute atomic E-state index is 12.7. The third-order valence-electron chi connectivity index (χ3n) is 4.27. The minimum absolute atomic E-state index is 0.121. The van der Waals surface area contributed by atoms with E-state index in [1.165, 1.54) is 6.26 Å². The molecule has 1 atom stereocenters. The van der Waals surface area contributed by atoms with Gasteiger partial charge in [-0.05, 0) is 24.8 Å². The summed E-state index contributed by atoms with van der Waals surface area (Å²) in [6.45, 7) is 3.10. The Morgan fingerprint density at radius 3 is 2.29 bits per heavy atom. The quantitative estimate of drug-likeness (QED) is 0.857. The van der Waals surface area contributed by atoms with Crippen molar-refractivity contribution in [3.05, 3.63) is 35.9 Å². The number of amides is 1. The number of carbonyl (C=O) groups is 1. The molecular weight excluding hydrogens is 286 g/mol. The average Bonchev–Trinajstić information content (AvgIpc) is 2.48.